The standard InChI is InChI=1S/C17H20F2N2/c1-21(12-13-5-3-2-4-6-13)8-7-17(20)14-9-15(18)11-16(19)10-14/h2-6,9-11,17H,7-8,12,20H2,1H3. The predicted octanol–water partition coefficient (Wildman–Crippen LogP) is 3.49. The summed E-state index contributed by atoms with van der Waals surface area (Å²) in [5.41, 5.74) is 7.74. The minimum atomic E-state index is -0.585. The van der Waals surface area contributed by atoms with Crippen LogP contribution in [0.3, 0.4) is 0 Å². The normalized spacial score (nSPS) is 12.6. The van der Waals surface area contributed by atoms with E-state index in [1.165, 1.54) is 17.7 Å². The van der Waals surface area contributed by atoms with Gasteiger partial charge in [0.05, 0.1) is 0 Å². The van der Waals surface area contributed by atoms with Gasteiger partial charge in [0.1, 0.15) is 11.6 Å². The van der Waals surface area contributed by atoms with Gasteiger partial charge >= 0.3 is 0 Å². The molecule has 0 fully saturated rings. The van der Waals surface area contributed by atoms with Gasteiger partial charge in [0, 0.05) is 18.7 Å². The molecule has 2 nitrogen and oxygen atoms in total. The molecule has 2 rings (SSSR count). The van der Waals surface area contributed by atoms with E-state index in [0.29, 0.717) is 12.0 Å². The number of halogens is 2. The van der Waals surface area contributed by atoms with Crippen LogP contribution in [-0.2, 0) is 6.54 Å². The molecule has 0 saturated heterocycles. The van der Waals surface area contributed by atoms with E-state index in [0.717, 1.165) is 19.2 Å². The molecule has 2 N–H and O–H groups in total. The zero-order valence-corrected chi connectivity index (χ0v) is 12.1. The van der Waals surface area contributed by atoms with Gasteiger partial charge in [-0.2, -0.15) is 0 Å². The second-order valence-electron chi connectivity index (χ2n) is 5.32. The molecular weight excluding hydrogens is 270 g/mol. The van der Waals surface area contributed by atoms with Crippen LogP contribution in [0.1, 0.15) is 23.6 Å². The van der Waals surface area contributed by atoms with Crippen LogP contribution >= 0.6 is 0 Å². The smallest absolute Gasteiger partial charge is 0.126 e. The molecule has 0 heterocycles. The molecule has 112 valence electrons. The maximum absolute atomic E-state index is 13.2. The van der Waals surface area contributed by atoms with Crippen molar-refractivity contribution in [1.29, 1.82) is 0 Å². The van der Waals surface area contributed by atoms with Gasteiger partial charge in [0.25, 0.3) is 0 Å². The number of nitrogens with two attached hydrogens (primary N) is 1. The van der Waals surface area contributed by atoms with Crippen LogP contribution in [0.4, 0.5) is 8.78 Å². The van der Waals surface area contributed by atoms with Gasteiger partial charge in [-0.25, -0.2) is 8.78 Å². The highest BCUT2D eigenvalue weighted by Crippen LogP contribution is 2.17. The fraction of sp³-hybridized carbons (Fsp3) is 0.294. The largest absolute Gasteiger partial charge is 0.324 e. The minimum absolute atomic E-state index is 0.367. The van der Waals surface area contributed by atoms with Crippen LogP contribution in [-0.4, -0.2) is 18.5 Å². The number of nitrogens with zero attached hydrogens (tertiary/aromatic N) is 1. The van der Waals surface area contributed by atoms with Gasteiger partial charge in [-0.1, -0.05) is 30.3 Å². The Morgan fingerprint density at radius 1 is 1.05 bits per heavy atom. The molecule has 2 aromatic rings. The highest BCUT2D eigenvalue weighted by Gasteiger charge is 2.10. The van der Waals surface area contributed by atoms with Crippen LogP contribution < -0.4 is 5.73 Å². The number of hydrogen-bond acceptors (Lipinski definition) is 2. The summed E-state index contributed by atoms with van der Waals surface area (Å²) in [6, 6.07) is 13.2. The summed E-state index contributed by atoms with van der Waals surface area (Å²) < 4.78 is 26.3. The van der Waals surface area contributed by atoms with Gasteiger partial charge in [0.15, 0.2) is 0 Å². The van der Waals surface area contributed by atoms with E-state index < -0.39 is 11.6 Å². The van der Waals surface area contributed by atoms with Gasteiger partial charge < -0.3 is 10.6 Å². The Morgan fingerprint density at radius 2 is 1.67 bits per heavy atom. The highest BCUT2D eigenvalue weighted by atomic mass is 19.1. The summed E-state index contributed by atoms with van der Waals surface area (Å²) in [5.74, 6) is -1.17. The molecule has 0 bridgehead atoms. The molecule has 0 aliphatic carbocycles. The SMILES string of the molecule is CN(CCC(N)c1cc(F)cc(F)c1)Cc1ccccc1. The molecule has 1 unspecified atom stereocenters. The average molecular weight is 290 g/mol. The summed E-state index contributed by atoms with van der Waals surface area (Å²) in [6.07, 6.45) is 0.645. The van der Waals surface area contributed by atoms with E-state index in [-0.39, 0.29) is 6.04 Å². The molecule has 21 heavy (non-hydrogen) atoms. The van der Waals surface area contributed by atoms with E-state index >= 15 is 0 Å². The molecule has 0 aliphatic rings. The van der Waals surface area contributed by atoms with Crippen molar-refractivity contribution in [2.75, 3.05) is 13.6 Å². The Labute approximate surface area is 124 Å². The van der Waals surface area contributed by atoms with Crippen molar-refractivity contribution in [2.24, 2.45) is 5.73 Å². The molecule has 0 radical (unpaired) electrons. The summed E-state index contributed by atoms with van der Waals surface area (Å²) in [5, 5.41) is 0. The molecular formula is C17H20F2N2. The van der Waals surface area contributed by atoms with Crippen molar-refractivity contribution in [1.82, 2.24) is 4.90 Å². The van der Waals surface area contributed by atoms with Crippen LogP contribution in [0.2, 0.25) is 0 Å². The van der Waals surface area contributed by atoms with Gasteiger partial charge in [0.2, 0.25) is 0 Å². The lowest BCUT2D eigenvalue weighted by Gasteiger charge is -2.19. The molecule has 0 amide bonds. The first kappa shape index (κ1) is 15.6. The third-order valence-corrected chi connectivity index (χ3v) is 3.43. The maximum Gasteiger partial charge on any atom is 0.126 e. The number of hydrogen-bond donors (Lipinski definition) is 1. The topological polar surface area (TPSA) is 29.3 Å². The summed E-state index contributed by atoms with van der Waals surface area (Å²) in [4.78, 5) is 2.14. The molecule has 0 aromatic heterocycles. The van der Waals surface area contributed by atoms with E-state index in [1.807, 2.05) is 25.2 Å². The average Bonchev–Trinajstić information content (AvgIpc) is 2.45. The van der Waals surface area contributed by atoms with Crippen molar-refractivity contribution in [2.45, 2.75) is 19.0 Å². The third kappa shape index (κ3) is 4.92. The second-order valence-corrected chi connectivity index (χ2v) is 5.32. The fourth-order valence-electron chi connectivity index (χ4n) is 2.29. The van der Waals surface area contributed by atoms with Crippen molar-refractivity contribution in [3.8, 4) is 0 Å². The zero-order chi connectivity index (χ0) is 15.2. The molecule has 4 heteroatoms. The molecule has 2 aromatic carbocycles. The van der Waals surface area contributed by atoms with Gasteiger partial charge in [-0.15, -0.1) is 0 Å². The summed E-state index contributed by atoms with van der Waals surface area (Å²) >= 11 is 0. The van der Waals surface area contributed by atoms with Crippen LogP contribution in [0.5, 0.6) is 0 Å². The Hall–Kier alpha value is -1.78. The quantitative estimate of drug-likeness (QED) is 0.882. The minimum Gasteiger partial charge on any atom is -0.324 e. The monoisotopic (exact) mass is 290 g/mol. The maximum atomic E-state index is 13.2. The number of benzene rings is 2. The lowest BCUT2D eigenvalue weighted by Crippen LogP contribution is -2.23. The lowest BCUT2D eigenvalue weighted by molar-refractivity contribution is 0.311. The first-order valence-electron chi connectivity index (χ1n) is 6.98. The highest BCUT2D eigenvalue weighted by molar-refractivity contribution is 5.21. The third-order valence-electron chi connectivity index (χ3n) is 3.43. The van der Waals surface area contributed by atoms with Crippen molar-refractivity contribution in [3.05, 3.63) is 71.3 Å². The molecule has 1 atom stereocenters. The zero-order valence-electron chi connectivity index (χ0n) is 12.1. The molecule has 0 spiro atoms. The van der Waals surface area contributed by atoms with Crippen LogP contribution in [0.25, 0.3) is 0 Å². The van der Waals surface area contributed by atoms with Gasteiger partial charge in [-0.3, -0.25) is 0 Å². The predicted molar refractivity (Wildman–Crippen MR) is 80.7 cm³/mol. The van der Waals surface area contributed by atoms with E-state index in [1.54, 1.807) is 0 Å². The van der Waals surface area contributed by atoms with Crippen molar-refractivity contribution in [3.63, 3.8) is 0 Å². The first-order valence-corrected chi connectivity index (χ1v) is 6.98. The Morgan fingerprint density at radius 3 is 2.29 bits per heavy atom. The second kappa shape index (κ2) is 7.29. The van der Waals surface area contributed by atoms with E-state index in [9.17, 15) is 8.78 Å². The fourth-order valence-corrected chi connectivity index (χ4v) is 2.29. The van der Waals surface area contributed by atoms with Crippen molar-refractivity contribution >= 4 is 0 Å². The Bertz CT molecular complexity index is 552. The molecule has 0 saturated carbocycles. The Balaban J connectivity index is 1.87. The molecule has 0 aliphatic heterocycles. The van der Waals surface area contributed by atoms with E-state index in [2.05, 4.69) is 17.0 Å². The first-order chi connectivity index (χ1) is 10.0. The number of rotatable bonds is 6. The van der Waals surface area contributed by atoms with Crippen LogP contribution in [0.15, 0.2) is 48.5 Å². The summed E-state index contributed by atoms with van der Waals surface area (Å²) in [7, 11) is 2.01. The Kier molecular flexibility index (Phi) is 5.42. The lowest BCUT2D eigenvalue weighted by atomic mass is 10.0. The van der Waals surface area contributed by atoms with Crippen LogP contribution in [0, 0.1) is 11.6 Å². The summed E-state index contributed by atoms with van der Waals surface area (Å²) in [6.45, 7) is 1.58. The van der Waals surface area contributed by atoms with E-state index in [4.69, 9.17) is 5.73 Å². The van der Waals surface area contributed by atoms with Gasteiger partial charge in [-0.05, 0) is 43.3 Å². The van der Waals surface area contributed by atoms with Crippen molar-refractivity contribution < 1.29 is 8.78 Å².